The van der Waals surface area contributed by atoms with E-state index in [-0.39, 0.29) is 55.8 Å². The third kappa shape index (κ3) is 4.13. The molecule has 3 aromatic rings. The van der Waals surface area contributed by atoms with Crippen molar-refractivity contribution in [2.75, 3.05) is 0 Å². The normalized spacial score (nSPS) is 14.7. The fourth-order valence-corrected chi connectivity index (χ4v) is 5.12. The molecule has 0 fully saturated rings. The van der Waals surface area contributed by atoms with Gasteiger partial charge in [0.15, 0.2) is 0 Å². The first-order valence-electron chi connectivity index (χ1n) is 12.0. The van der Waals surface area contributed by atoms with Gasteiger partial charge in [-0.05, 0) is 51.6 Å². The van der Waals surface area contributed by atoms with E-state index in [1.807, 2.05) is 6.07 Å². The van der Waals surface area contributed by atoms with Crippen LogP contribution in [0.2, 0.25) is 0 Å². The highest BCUT2D eigenvalue weighted by Gasteiger charge is 2.38. The molecule has 0 saturated carbocycles. The Labute approximate surface area is 252 Å². The van der Waals surface area contributed by atoms with Gasteiger partial charge >= 0.3 is 0 Å². The summed E-state index contributed by atoms with van der Waals surface area (Å²) in [6.07, 6.45) is 0.914. The summed E-state index contributed by atoms with van der Waals surface area (Å²) in [5.41, 5.74) is -4.47. The zero-order valence-electron chi connectivity index (χ0n) is 22.0. The summed E-state index contributed by atoms with van der Waals surface area (Å²) in [6, 6.07) is 10.7. The van der Waals surface area contributed by atoms with Crippen LogP contribution in [-0.4, -0.2) is 9.97 Å². The van der Waals surface area contributed by atoms with Crippen LogP contribution < -0.4 is 0 Å². The molecule has 0 amide bonds. The van der Waals surface area contributed by atoms with Crippen molar-refractivity contribution in [3.63, 3.8) is 0 Å². The Hall–Kier alpha value is -7.81. The average Bonchev–Trinajstić information content (AvgIpc) is 3.53. The number of allylic oxidation sites excluding steroid dienone is 7. The van der Waals surface area contributed by atoms with Gasteiger partial charge in [-0.1, -0.05) is 6.07 Å². The van der Waals surface area contributed by atoms with Crippen molar-refractivity contribution in [3.8, 4) is 24.3 Å². The van der Waals surface area contributed by atoms with E-state index >= 15 is 8.78 Å². The third-order valence-corrected chi connectivity index (χ3v) is 6.88. The van der Waals surface area contributed by atoms with Gasteiger partial charge in [0.05, 0.1) is 49.6 Å². The van der Waals surface area contributed by atoms with Crippen LogP contribution in [0.25, 0.3) is 52.9 Å². The Morgan fingerprint density at radius 2 is 1.29 bits per heavy atom. The minimum Gasteiger partial charge on any atom is -0.237 e. The van der Waals surface area contributed by atoms with E-state index in [0.717, 1.165) is 6.20 Å². The highest BCUT2D eigenvalue weighted by molar-refractivity contribution is 6.29. The summed E-state index contributed by atoms with van der Waals surface area (Å²) in [7, 11) is 0. The maximum atomic E-state index is 15.4. The molecule has 1 aromatic heterocycles. The Bertz CT molecular complexity index is 2410. The van der Waals surface area contributed by atoms with Gasteiger partial charge in [0.2, 0.25) is 23.2 Å². The van der Waals surface area contributed by atoms with Crippen LogP contribution in [0.5, 0.6) is 0 Å². The molecule has 45 heavy (non-hydrogen) atoms. The number of halogens is 3. The van der Waals surface area contributed by atoms with Crippen molar-refractivity contribution in [2.45, 2.75) is 0 Å². The minimum atomic E-state index is -1.23. The Balaban J connectivity index is 1.96. The molecule has 0 saturated heterocycles. The van der Waals surface area contributed by atoms with Gasteiger partial charge < -0.3 is 0 Å². The van der Waals surface area contributed by atoms with Crippen molar-refractivity contribution in [2.24, 2.45) is 0 Å². The molecule has 0 radical (unpaired) electrons. The molecule has 0 N–H and O–H groups in total. The molecule has 0 spiro atoms. The van der Waals surface area contributed by atoms with Gasteiger partial charge in [-0.2, -0.15) is 19.9 Å². The smallest absolute Gasteiger partial charge is 0.237 e. The van der Waals surface area contributed by atoms with Crippen molar-refractivity contribution in [3.05, 3.63) is 144 Å². The number of rotatable bonds is 2. The third-order valence-electron chi connectivity index (χ3n) is 6.88. The molecule has 0 atom stereocenters. The number of nitrogens with zero attached hydrogens (tertiary/aromatic N) is 10. The molecule has 0 aliphatic heterocycles. The fourth-order valence-electron chi connectivity index (χ4n) is 5.12. The fraction of sp³-hybridized carbons (Fsp3) is 0. The molecule has 2 aromatic carbocycles. The molecule has 0 bridgehead atoms. The summed E-state index contributed by atoms with van der Waals surface area (Å²) in [5.74, 6) is -3.99. The Morgan fingerprint density at radius 1 is 0.667 bits per heavy atom. The summed E-state index contributed by atoms with van der Waals surface area (Å²) >= 11 is 0. The molecule has 1 heterocycles. The first kappa shape index (κ1) is 28.7. The van der Waals surface area contributed by atoms with Gasteiger partial charge in [-0.25, -0.2) is 43.7 Å². The lowest BCUT2D eigenvalue weighted by molar-refractivity contribution is 0.573. The van der Waals surface area contributed by atoms with E-state index in [0.29, 0.717) is 12.1 Å². The summed E-state index contributed by atoms with van der Waals surface area (Å²) in [6.45, 7) is 30.2. The zero-order chi connectivity index (χ0) is 32.6. The van der Waals surface area contributed by atoms with Gasteiger partial charge in [0.1, 0.15) is 23.8 Å². The second-order valence-electron chi connectivity index (χ2n) is 8.94. The molecule has 204 valence electrons. The minimum absolute atomic E-state index is 0.00281. The highest BCUT2D eigenvalue weighted by Crippen LogP contribution is 2.55. The van der Waals surface area contributed by atoms with Crippen molar-refractivity contribution in [1.29, 1.82) is 21.0 Å². The van der Waals surface area contributed by atoms with E-state index < -0.39 is 51.6 Å². The number of aromatic nitrogens is 2. The van der Waals surface area contributed by atoms with Crippen LogP contribution in [-0.2, 0) is 0 Å². The molecule has 2 aliphatic carbocycles. The predicted molar refractivity (Wildman–Crippen MR) is 150 cm³/mol. The van der Waals surface area contributed by atoms with E-state index in [4.69, 9.17) is 31.6 Å². The summed E-state index contributed by atoms with van der Waals surface area (Å²) in [4.78, 5) is 20.1. The number of fused-ring (bicyclic) bond motifs is 2. The standard InChI is InChI=1S/C32H5F3N10/c1-40-23-8-21(33)18(7-22(23)34)30-29(25(11-38)42-3)16-6-15-14(5-17(16)31(30)43-4)19(9-36)27(28(15)24(10-37)41-2)20-13-44-26(12-39)45-32(20)35/h5-8,13H/b28-24+,29-25-. The molecule has 10 nitrogen and oxygen atoms in total. The van der Waals surface area contributed by atoms with Gasteiger partial charge in [0.25, 0.3) is 11.4 Å². The van der Waals surface area contributed by atoms with Gasteiger partial charge in [-0.15, -0.1) is 0 Å². The van der Waals surface area contributed by atoms with Crippen LogP contribution in [0.4, 0.5) is 18.9 Å². The molecule has 2 aliphatic rings. The molecular weight excluding hydrogens is 581 g/mol. The van der Waals surface area contributed by atoms with E-state index in [2.05, 4.69) is 29.3 Å². The average molecular weight is 586 g/mol. The second-order valence-corrected chi connectivity index (χ2v) is 8.94. The highest BCUT2D eigenvalue weighted by atomic mass is 19.1. The zero-order valence-corrected chi connectivity index (χ0v) is 22.0. The van der Waals surface area contributed by atoms with Crippen LogP contribution in [0, 0.1) is 89.2 Å². The SMILES string of the molecule is [C-]#[N+]C1=C(c2cc(F)c([N+]#[C-])cc2F)/C(=C(/C#N)[N+]#[C-])c2cc3c(cc21)C(C#N)=C(c1cnc(C#N)nc1F)/C3=C(\C#N)[N+]#[C-]. The molecule has 5 rings (SSSR count). The quantitative estimate of drug-likeness (QED) is 0.182. The Kier molecular flexibility index (Phi) is 6.94. The lowest BCUT2D eigenvalue weighted by atomic mass is 9.91. The summed E-state index contributed by atoms with van der Waals surface area (Å²) < 4.78 is 45.3. The monoisotopic (exact) mass is 586 g/mol. The predicted octanol–water partition coefficient (Wildman–Crippen LogP) is 6.87. The van der Waals surface area contributed by atoms with Crippen molar-refractivity contribution >= 4 is 39.2 Å². The van der Waals surface area contributed by atoms with Crippen molar-refractivity contribution in [1.82, 2.24) is 9.97 Å². The van der Waals surface area contributed by atoms with E-state index in [9.17, 15) is 20.2 Å². The number of hydrogen-bond donors (Lipinski definition) is 0. The molecule has 0 unspecified atom stereocenters. The first-order valence-corrected chi connectivity index (χ1v) is 12.0. The van der Waals surface area contributed by atoms with Crippen molar-refractivity contribution < 1.29 is 13.2 Å². The Morgan fingerprint density at radius 3 is 1.82 bits per heavy atom. The van der Waals surface area contributed by atoms with Crippen LogP contribution in [0.1, 0.15) is 39.2 Å². The number of nitriles is 4. The first-order chi connectivity index (χ1) is 21.7. The van der Waals surface area contributed by atoms with E-state index in [1.54, 1.807) is 18.2 Å². The topological polar surface area (TPSA) is 138 Å². The van der Waals surface area contributed by atoms with Gasteiger partial charge in [-0.3, -0.25) is 0 Å². The number of hydrogen-bond acceptors (Lipinski definition) is 6. The lowest BCUT2D eigenvalue weighted by Gasteiger charge is -2.13. The maximum absolute atomic E-state index is 15.4. The second kappa shape index (κ2) is 10.9. The molecular formula is C32H5F3N10. The van der Waals surface area contributed by atoms with E-state index in [1.165, 1.54) is 12.1 Å². The largest absolute Gasteiger partial charge is 0.270 e. The lowest BCUT2D eigenvalue weighted by Crippen LogP contribution is -2.00. The van der Waals surface area contributed by atoms with Crippen LogP contribution >= 0.6 is 0 Å². The number of benzene rings is 2. The molecule has 13 heteroatoms. The van der Waals surface area contributed by atoms with Crippen LogP contribution in [0.15, 0.2) is 41.9 Å². The van der Waals surface area contributed by atoms with Gasteiger partial charge in [0, 0.05) is 22.9 Å². The maximum Gasteiger partial charge on any atom is 0.270 e. The van der Waals surface area contributed by atoms with Crippen LogP contribution in [0.3, 0.4) is 0 Å². The summed E-state index contributed by atoms with van der Waals surface area (Å²) in [5, 5.41) is 39.0.